The molecule has 0 heterocycles. The van der Waals surface area contributed by atoms with E-state index in [0.717, 1.165) is 11.1 Å². The smallest absolute Gasteiger partial charge is 0.334 e. The Hall–Kier alpha value is -2.08. The van der Waals surface area contributed by atoms with Gasteiger partial charge in [0.25, 0.3) is 5.91 Å². The van der Waals surface area contributed by atoms with Crippen molar-refractivity contribution in [2.75, 3.05) is 13.2 Å². The van der Waals surface area contributed by atoms with Gasteiger partial charge in [-0.25, -0.2) is 4.79 Å². The molecular formula is C13H17NO5. The van der Waals surface area contributed by atoms with E-state index >= 15 is 0 Å². The molecule has 19 heavy (non-hydrogen) atoms. The number of carboxylic acids is 1. The van der Waals surface area contributed by atoms with Gasteiger partial charge >= 0.3 is 5.97 Å². The summed E-state index contributed by atoms with van der Waals surface area (Å²) in [5.41, 5.74) is 2.05. The average Bonchev–Trinajstić information content (AvgIpc) is 2.32. The molecule has 0 spiro atoms. The van der Waals surface area contributed by atoms with Gasteiger partial charge in [0.05, 0.1) is 6.54 Å². The van der Waals surface area contributed by atoms with Gasteiger partial charge in [-0.3, -0.25) is 4.79 Å². The van der Waals surface area contributed by atoms with E-state index in [0.29, 0.717) is 5.75 Å². The van der Waals surface area contributed by atoms with E-state index in [1.807, 2.05) is 19.9 Å². The zero-order chi connectivity index (χ0) is 14.4. The fraction of sp³-hybridized carbons (Fsp3) is 0.385. The van der Waals surface area contributed by atoms with Crippen molar-refractivity contribution in [2.24, 2.45) is 0 Å². The minimum atomic E-state index is -1.61. The van der Waals surface area contributed by atoms with Gasteiger partial charge in [-0.05, 0) is 37.1 Å². The van der Waals surface area contributed by atoms with Gasteiger partial charge < -0.3 is 20.3 Å². The normalized spacial score (nSPS) is 11.7. The van der Waals surface area contributed by atoms with Crippen molar-refractivity contribution in [3.8, 4) is 5.75 Å². The van der Waals surface area contributed by atoms with Gasteiger partial charge in [-0.15, -0.1) is 0 Å². The second kappa shape index (κ2) is 6.75. The summed E-state index contributed by atoms with van der Waals surface area (Å²) in [6.45, 7) is 3.27. The van der Waals surface area contributed by atoms with E-state index in [-0.39, 0.29) is 13.2 Å². The minimum Gasteiger partial charge on any atom is -0.484 e. The van der Waals surface area contributed by atoms with E-state index in [2.05, 4.69) is 5.32 Å². The highest BCUT2D eigenvalue weighted by Gasteiger charge is 2.14. The van der Waals surface area contributed by atoms with Crippen molar-refractivity contribution >= 4 is 11.9 Å². The molecule has 1 amide bonds. The maximum atomic E-state index is 11.4. The second-order valence-electron chi connectivity index (χ2n) is 4.27. The van der Waals surface area contributed by atoms with Gasteiger partial charge in [0, 0.05) is 0 Å². The molecule has 3 N–H and O–H groups in total. The summed E-state index contributed by atoms with van der Waals surface area (Å²) in [7, 11) is 0. The first-order valence-corrected chi connectivity index (χ1v) is 5.77. The third kappa shape index (κ3) is 5.39. The van der Waals surface area contributed by atoms with Crippen LogP contribution in [0.15, 0.2) is 18.2 Å². The van der Waals surface area contributed by atoms with Crippen LogP contribution in [-0.4, -0.2) is 41.3 Å². The maximum Gasteiger partial charge on any atom is 0.334 e. The fourth-order valence-electron chi connectivity index (χ4n) is 1.51. The number of carbonyl (C=O) groups excluding carboxylic acids is 1. The van der Waals surface area contributed by atoms with E-state index in [1.54, 1.807) is 12.1 Å². The van der Waals surface area contributed by atoms with Crippen LogP contribution in [0.5, 0.6) is 5.75 Å². The molecule has 0 unspecified atom stereocenters. The zero-order valence-electron chi connectivity index (χ0n) is 10.8. The van der Waals surface area contributed by atoms with Crippen molar-refractivity contribution < 1.29 is 24.5 Å². The first kappa shape index (κ1) is 15.0. The van der Waals surface area contributed by atoms with E-state index in [1.165, 1.54) is 0 Å². The van der Waals surface area contributed by atoms with Crippen LogP contribution in [0.25, 0.3) is 0 Å². The van der Waals surface area contributed by atoms with Gasteiger partial charge in [-0.1, -0.05) is 6.07 Å². The molecule has 6 heteroatoms. The van der Waals surface area contributed by atoms with Crippen molar-refractivity contribution in [1.82, 2.24) is 5.32 Å². The standard InChI is InChI=1S/C13H17NO5/c1-8-3-9(2)5-10(4-8)19-7-12(16)14-6-11(15)13(17)18/h3-5,11,15H,6-7H2,1-2H3,(H,14,16)(H,17,18)/t11-/m0/s1. The first-order valence-electron chi connectivity index (χ1n) is 5.77. The lowest BCUT2D eigenvalue weighted by Crippen LogP contribution is -2.38. The summed E-state index contributed by atoms with van der Waals surface area (Å²) in [4.78, 5) is 21.7. The molecule has 104 valence electrons. The topological polar surface area (TPSA) is 95.9 Å². The summed E-state index contributed by atoms with van der Waals surface area (Å²) < 4.78 is 5.28. The molecule has 0 fully saturated rings. The van der Waals surface area contributed by atoms with Crippen LogP contribution in [0.2, 0.25) is 0 Å². The van der Waals surface area contributed by atoms with Crippen LogP contribution in [0, 0.1) is 13.8 Å². The lowest BCUT2D eigenvalue weighted by molar-refractivity contribution is -0.146. The summed E-state index contributed by atoms with van der Waals surface area (Å²) in [6, 6.07) is 5.58. The van der Waals surface area contributed by atoms with Gasteiger partial charge in [0.2, 0.25) is 0 Å². The number of aliphatic hydroxyl groups is 1. The Balaban J connectivity index is 2.39. The summed E-state index contributed by atoms with van der Waals surface area (Å²) in [5, 5.41) is 19.7. The summed E-state index contributed by atoms with van der Waals surface area (Å²) in [5.74, 6) is -1.29. The highest BCUT2D eigenvalue weighted by molar-refractivity contribution is 5.79. The Morgan fingerprint density at radius 3 is 2.37 bits per heavy atom. The highest BCUT2D eigenvalue weighted by atomic mass is 16.5. The molecule has 0 radical (unpaired) electrons. The Bertz CT molecular complexity index is 452. The Kier molecular flexibility index (Phi) is 5.32. The largest absolute Gasteiger partial charge is 0.484 e. The number of hydrogen-bond acceptors (Lipinski definition) is 4. The lowest BCUT2D eigenvalue weighted by atomic mass is 10.1. The van der Waals surface area contributed by atoms with E-state index < -0.39 is 18.0 Å². The summed E-state index contributed by atoms with van der Waals surface area (Å²) >= 11 is 0. The van der Waals surface area contributed by atoms with Crippen LogP contribution in [0.1, 0.15) is 11.1 Å². The molecule has 0 bridgehead atoms. The van der Waals surface area contributed by atoms with Crippen molar-refractivity contribution in [3.05, 3.63) is 29.3 Å². The summed E-state index contributed by atoms with van der Waals surface area (Å²) in [6.07, 6.45) is -1.61. The Morgan fingerprint density at radius 2 is 1.84 bits per heavy atom. The number of nitrogens with one attached hydrogen (secondary N) is 1. The number of aliphatic carboxylic acids is 1. The van der Waals surface area contributed by atoms with Crippen LogP contribution in [0.4, 0.5) is 0 Å². The number of aliphatic hydroxyl groups excluding tert-OH is 1. The molecule has 1 rings (SSSR count). The zero-order valence-corrected chi connectivity index (χ0v) is 10.8. The Labute approximate surface area is 111 Å². The number of carbonyl (C=O) groups is 2. The predicted octanol–water partition coefficient (Wildman–Crippen LogP) is 0.244. The number of carboxylic acid groups (broad SMARTS) is 1. The van der Waals surface area contributed by atoms with Crippen molar-refractivity contribution in [1.29, 1.82) is 0 Å². The molecule has 0 aliphatic carbocycles. The molecular weight excluding hydrogens is 250 g/mol. The number of aryl methyl sites for hydroxylation is 2. The highest BCUT2D eigenvalue weighted by Crippen LogP contribution is 2.15. The average molecular weight is 267 g/mol. The number of amides is 1. The minimum absolute atomic E-state index is 0.227. The van der Waals surface area contributed by atoms with Gasteiger partial charge in [0.1, 0.15) is 5.75 Å². The van der Waals surface area contributed by atoms with Crippen molar-refractivity contribution in [2.45, 2.75) is 20.0 Å². The molecule has 1 aromatic rings. The molecule has 0 aromatic heterocycles. The lowest BCUT2D eigenvalue weighted by Gasteiger charge is -2.10. The predicted molar refractivity (Wildman–Crippen MR) is 68.1 cm³/mol. The van der Waals surface area contributed by atoms with Crippen LogP contribution in [0.3, 0.4) is 0 Å². The molecule has 1 atom stereocenters. The number of hydrogen-bond donors (Lipinski definition) is 3. The maximum absolute atomic E-state index is 11.4. The molecule has 1 aromatic carbocycles. The molecule has 6 nitrogen and oxygen atoms in total. The molecule has 0 saturated carbocycles. The SMILES string of the molecule is Cc1cc(C)cc(OCC(=O)NC[C@H](O)C(=O)O)c1. The first-order chi connectivity index (χ1) is 8.88. The monoisotopic (exact) mass is 267 g/mol. The van der Waals surface area contributed by atoms with Crippen LogP contribution in [-0.2, 0) is 9.59 Å². The number of rotatable bonds is 6. The van der Waals surface area contributed by atoms with Crippen LogP contribution >= 0.6 is 0 Å². The van der Waals surface area contributed by atoms with Gasteiger partial charge in [0.15, 0.2) is 12.7 Å². The third-order valence-corrected chi connectivity index (χ3v) is 2.34. The molecule has 0 aliphatic rings. The second-order valence-corrected chi connectivity index (χ2v) is 4.27. The fourth-order valence-corrected chi connectivity index (χ4v) is 1.51. The van der Waals surface area contributed by atoms with E-state index in [4.69, 9.17) is 14.9 Å². The van der Waals surface area contributed by atoms with E-state index in [9.17, 15) is 9.59 Å². The molecule has 0 aliphatic heterocycles. The van der Waals surface area contributed by atoms with Gasteiger partial charge in [-0.2, -0.15) is 0 Å². The number of ether oxygens (including phenoxy) is 1. The third-order valence-electron chi connectivity index (χ3n) is 2.34. The number of benzene rings is 1. The van der Waals surface area contributed by atoms with Crippen molar-refractivity contribution in [3.63, 3.8) is 0 Å². The molecule has 0 saturated heterocycles. The van der Waals surface area contributed by atoms with Crippen LogP contribution < -0.4 is 10.1 Å². The Morgan fingerprint density at radius 1 is 1.26 bits per heavy atom. The quantitative estimate of drug-likeness (QED) is 0.686.